The molecule has 2 heterocycles. The third kappa shape index (κ3) is 2.61. The second-order valence-electron chi connectivity index (χ2n) is 6.43. The van der Waals surface area contributed by atoms with Crippen LogP contribution in [0.25, 0.3) is 0 Å². The summed E-state index contributed by atoms with van der Waals surface area (Å²) < 4.78 is 0. The van der Waals surface area contributed by atoms with Gasteiger partial charge < -0.3 is 10.6 Å². The van der Waals surface area contributed by atoms with Crippen molar-refractivity contribution in [2.45, 2.75) is 63.3 Å². The van der Waals surface area contributed by atoms with Crippen molar-refractivity contribution >= 4 is 5.95 Å². The Kier molecular flexibility index (Phi) is 3.48. The molecule has 106 valence electrons. The molecule has 2 aliphatic rings. The van der Waals surface area contributed by atoms with E-state index in [1.54, 1.807) is 0 Å². The van der Waals surface area contributed by atoms with Crippen molar-refractivity contribution in [2.24, 2.45) is 5.73 Å². The van der Waals surface area contributed by atoms with Gasteiger partial charge in [0.25, 0.3) is 0 Å². The summed E-state index contributed by atoms with van der Waals surface area (Å²) >= 11 is 0. The van der Waals surface area contributed by atoms with Crippen LogP contribution < -0.4 is 10.6 Å². The molecule has 1 aliphatic heterocycles. The minimum absolute atomic E-state index is 0.204. The Bertz CT molecular complexity index is 413. The first-order valence-electron chi connectivity index (χ1n) is 7.61. The summed E-state index contributed by atoms with van der Waals surface area (Å²) in [6.45, 7) is 4.28. The summed E-state index contributed by atoms with van der Waals surface area (Å²) in [4.78, 5) is 7.03. The lowest BCUT2D eigenvalue weighted by Crippen LogP contribution is -2.40. The number of nitrogens with two attached hydrogens (primary N) is 1. The zero-order valence-electron chi connectivity index (χ0n) is 11.9. The first kappa shape index (κ1) is 12.9. The number of anilines is 1. The summed E-state index contributed by atoms with van der Waals surface area (Å²) in [5.41, 5.74) is 6.15. The van der Waals surface area contributed by atoms with Crippen molar-refractivity contribution in [3.8, 4) is 0 Å². The molecule has 1 saturated carbocycles. The number of H-pyrrole nitrogens is 1. The SMILES string of the molecule is CC1(c2nc(N3CCC(N)CC3)n[nH]2)CCCCC1. The second kappa shape index (κ2) is 5.12. The van der Waals surface area contributed by atoms with Crippen LogP contribution in [-0.4, -0.2) is 34.3 Å². The molecule has 1 saturated heterocycles. The van der Waals surface area contributed by atoms with Gasteiger partial charge >= 0.3 is 0 Å². The summed E-state index contributed by atoms with van der Waals surface area (Å²) in [7, 11) is 0. The van der Waals surface area contributed by atoms with Gasteiger partial charge in [0, 0.05) is 24.5 Å². The first-order valence-corrected chi connectivity index (χ1v) is 7.61. The third-order valence-electron chi connectivity index (χ3n) is 4.82. The number of nitrogens with one attached hydrogen (secondary N) is 1. The van der Waals surface area contributed by atoms with Crippen molar-refractivity contribution in [1.29, 1.82) is 0 Å². The Hall–Kier alpha value is -1.10. The predicted molar refractivity (Wildman–Crippen MR) is 76.2 cm³/mol. The molecule has 0 unspecified atom stereocenters. The molecule has 0 radical (unpaired) electrons. The summed E-state index contributed by atoms with van der Waals surface area (Å²) in [5.74, 6) is 1.95. The fraction of sp³-hybridized carbons (Fsp3) is 0.857. The zero-order valence-corrected chi connectivity index (χ0v) is 11.9. The molecule has 0 bridgehead atoms. The van der Waals surface area contributed by atoms with Gasteiger partial charge in [-0.25, -0.2) is 0 Å². The van der Waals surface area contributed by atoms with E-state index in [2.05, 4.69) is 22.0 Å². The van der Waals surface area contributed by atoms with Crippen LogP contribution in [0.1, 0.15) is 57.7 Å². The molecule has 19 heavy (non-hydrogen) atoms. The highest BCUT2D eigenvalue weighted by Gasteiger charge is 2.32. The molecule has 0 aromatic carbocycles. The maximum atomic E-state index is 5.94. The van der Waals surface area contributed by atoms with Gasteiger partial charge in [-0.1, -0.05) is 26.2 Å². The molecule has 0 atom stereocenters. The normalized spacial score (nSPS) is 24.6. The van der Waals surface area contributed by atoms with Crippen molar-refractivity contribution in [3.63, 3.8) is 0 Å². The van der Waals surface area contributed by atoms with Gasteiger partial charge in [-0.3, -0.25) is 5.10 Å². The van der Waals surface area contributed by atoms with Crippen LogP contribution in [0.15, 0.2) is 0 Å². The van der Waals surface area contributed by atoms with Crippen molar-refractivity contribution in [2.75, 3.05) is 18.0 Å². The van der Waals surface area contributed by atoms with Crippen molar-refractivity contribution in [3.05, 3.63) is 5.82 Å². The lowest BCUT2D eigenvalue weighted by Gasteiger charge is -2.31. The average Bonchev–Trinajstić information content (AvgIpc) is 2.91. The minimum atomic E-state index is 0.204. The highest BCUT2D eigenvalue weighted by Crippen LogP contribution is 2.37. The first-order chi connectivity index (χ1) is 9.17. The van der Waals surface area contributed by atoms with Gasteiger partial charge in [-0.15, -0.1) is 5.10 Å². The van der Waals surface area contributed by atoms with E-state index in [0.29, 0.717) is 6.04 Å². The fourth-order valence-corrected chi connectivity index (χ4v) is 3.33. The molecule has 1 aromatic rings. The quantitative estimate of drug-likeness (QED) is 0.855. The molecule has 1 aromatic heterocycles. The van der Waals surface area contributed by atoms with Gasteiger partial charge in [-0.2, -0.15) is 4.98 Å². The van der Waals surface area contributed by atoms with Crippen LogP contribution in [0.5, 0.6) is 0 Å². The molecule has 5 heteroatoms. The van der Waals surface area contributed by atoms with Gasteiger partial charge in [0.15, 0.2) is 0 Å². The number of aromatic nitrogens is 3. The largest absolute Gasteiger partial charge is 0.339 e. The van der Waals surface area contributed by atoms with Gasteiger partial charge in [0.05, 0.1) is 0 Å². The maximum Gasteiger partial charge on any atom is 0.244 e. The van der Waals surface area contributed by atoms with E-state index in [0.717, 1.165) is 37.7 Å². The summed E-state index contributed by atoms with van der Waals surface area (Å²) in [6.07, 6.45) is 8.53. The molecule has 5 nitrogen and oxygen atoms in total. The zero-order chi connectivity index (χ0) is 13.3. The molecule has 2 fully saturated rings. The van der Waals surface area contributed by atoms with Crippen LogP contribution in [0.4, 0.5) is 5.95 Å². The van der Waals surface area contributed by atoms with Crippen LogP contribution in [0.3, 0.4) is 0 Å². The van der Waals surface area contributed by atoms with Crippen molar-refractivity contribution < 1.29 is 0 Å². The lowest BCUT2D eigenvalue weighted by molar-refractivity contribution is 0.305. The second-order valence-corrected chi connectivity index (χ2v) is 6.43. The summed E-state index contributed by atoms with van der Waals surface area (Å²) in [5, 5.41) is 7.62. The van der Waals surface area contributed by atoms with E-state index in [4.69, 9.17) is 10.7 Å². The average molecular weight is 263 g/mol. The Labute approximate surface area is 115 Å². The van der Waals surface area contributed by atoms with E-state index in [-0.39, 0.29) is 5.41 Å². The smallest absolute Gasteiger partial charge is 0.244 e. The highest BCUT2D eigenvalue weighted by atomic mass is 15.4. The topological polar surface area (TPSA) is 70.8 Å². The third-order valence-corrected chi connectivity index (χ3v) is 4.82. The molecular formula is C14H25N5. The number of hydrogen-bond acceptors (Lipinski definition) is 4. The minimum Gasteiger partial charge on any atom is -0.339 e. The molecule has 3 N–H and O–H groups in total. The van der Waals surface area contributed by atoms with Gasteiger partial charge in [0.2, 0.25) is 5.95 Å². The standard InChI is InChI=1S/C14H25N5/c1-14(7-3-2-4-8-14)12-16-13(18-17-12)19-9-5-11(15)6-10-19/h11H,2-10,15H2,1H3,(H,16,17,18). The van der Waals surface area contributed by atoms with Gasteiger partial charge in [-0.05, 0) is 25.7 Å². The molecule has 3 rings (SSSR count). The Morgan fingerprint density at radius 2 is 1.89 bits per heavy atom. The van der Waals surface area contributed by atoms with Crippen molar-refractivity contribution in [1.82, 2.24) is 15.2 Å². The van der Waals surface area contributed by atoms with E-state index < -0.39 is 0 Å². The van der Waals surface area contributed by atoms with Crippen LogP contribution in [0, 0.1) is 0 Å². The number of aromatic amines is 1. The predicted octanol–water partition coefficient (Wildman–Crippen LogP) is 1.95. The van der Waals surface area contributed by atoms with Crippen LogP contribution in [-0.2, 0) is 5.41 Å². The van der Waals surface area contributed by atoms with E-state index in [1.807, 2.05) is 0 Å². The van der Waals surface area contributed by atoms with Gasteiger partial charge in [0.1, 0.15) is 5.82 Å². The molecular weight excluding hydrogens is 238 g/mol. The summed E-state index contributed by atoms with van der Waals surface area (Å²) in [6, 6.07) is 0.352. The fourth-order valence-electron chi connectivity index (χ4n) is 3.33. The molecule has 0 spiro atoms. The Balaban J connectivity index is 1.72. The number of piperidine rings is 1. The number of hydrogen-bond donors (Lipinski definition) is 2. The van der Waals surface area contributed by atoms with E-state index in [1.165, 1.54) is 32.1 Å². The highest BCUT2D eigenvalue weighted by molar-refractivity contribution is 5.31. The van der Waals surface area contributed by atoms with E-state index >= 15 is 0 Å². The van der Waals surface area contributed by atoms with E-state index in [9.17, 15) is 0 Å². The Morgan fingerprint density at radius 1 is 1.21 bits per heavy atom. The van der Waals surface area contributed by atoms with Crippen LogP contribution in [0.2, 0.25) is 0 Å². The lowest BCUT2D eigenvalue weighted by atomic mass is 9.75. The maximum absolute atomic E-state index is 5.94. The monoisotopic (exact) mass is 263 g/mol. The van der Waals surface area contributed by atoms with Crippen LogP contribution >= 0.6 is 0 Å². The molecule has 0 amide bonds. The number of nitrogens with zero attached hydrogens (tertiary/aromatic N) is 3. The number of rotatable bonds is 2. The Morgan fingerprint density at radius 3 is 2.58 bits per heavy atom. The molecule has 1 aliphatic carbocycles.